The summed E-state index contributed by atoms with van der Waals surface area (Å²) in [6.07, 6.45) is 1.81. The zero-order valence-electron chi connectivity index (χ0n) is 16.2. The van der Waals surface area contributed by atoms with Crippen molar-refractivity contribution in [2.45, 2.75) is 18.9 Å². The molecule has 6 nitrogen and oxygen atoms in total. The number of H-pyrrole nitrogens is 1. The second-order valence-corrected chi connectivity index (χ2v) is 7.11. The summed E-state index contributed by atoms with van der Waals surface area (Å²) in [5.74, 6) is 0.150. The molecule has 2 aromatic carbocycles. The highest BCUT2D eigenvalue weighted by Crippen LogP contribution is 2.24. The van der Waals surface area contributed by atoms with Gasteiger partial charge in [-0.1, -0.05) is 30.3 Å². The first-order chi connectivity index (χ1) is 14.1. The average Bonchev–Trinajstić information content (AvgIpc) is 3.25. The number of benzene rings is 2. The Kier molecular flexibility index (Phi) is 5.46. The summed E-state index contributed by atoms with van der Waals surface area (Å²) >= 11 is 0. The predicted octanol–water partition coefficient (Wildman–Crippen LogP) is 3.62. The molecule has 0 bridgehead atoms. The Morgan fingerprint density at radius 1 is 1.24 bits per heavy atom. The fourth-order valence-electron chi connectivity index (χ4n) is 3.62. The van der Waals surface area contributed by atoms with Gasteiger partial charge in [0.25, 0.3) is 5.91 Å². The van der Waals surface area contributed by atoms with Crippen molar-refractivity contribution in [1.82, 2.24) is 15.5 Å². The number of ether oxygens (including phenoxy) is 1. The third-order valence-electron chi connectivity index (χ3n) is 5.14. The molecule has 29 heavy (non-hydrogen) atoms. The Bertz CT molecular complexity index is 989. The average molecular weight is 394 g/mol. The van der Waals surface area contributed by atoms with Crippen molar-refractivity contribution in [2.75, 3.05) is 25.1 Å². The molecule has 2 N–H and O–H groups in total. The standard InChI is InChI=1S/C22H23FN4O2/c1-29-20-10-9-16(12-18(20)23)22(28)24-17-8-5-11-27(14-17)21-13-19(25-26-21)15-6-3-2-4-7-15/h2-4,6-7,9-10,12-13,17H,5,8,11,14H2,1H3,(H,24,28)(H,25,26). The minimum Gasteiger partial charge on any atom is -0.494 e. The normalized spacial score (nSPS) is 16.5. The lowest BCUT2D eigenvalue weighted by molar-refractivity contribution is 0.0932. The summed E-state index contributed by atoms with van der Waals surface area (Å²) in [4.78, 5) is 14.7. The molecule has 0 saturated carbocycles. The number of aromatic nitrogens is 2. The summed E-state index contributed by atoms with van der Waals surface area (Å²) in [7, 11) is 1.40. The van der Waals surface area contributed by atoms with Gasteiger partial charge in [-0.05, 0) is 36.6 Å². The van der Waals surface area contributed by atoms with E-state index in [2.05, 4.69) is 20.4 Å². The van der Waals surface area contributed by atoms with E-state index in [1.807, 2.05) is 36.4 Å². The van der Waals surface area contributed by atoms with E-state index in [1.165, 1.54) is 19.2 Å². The van der Waals surface area contributed by atoms with Gasteiger partial charge in [0.15, 0.2) is 17.4 Å². The third kappa shape index (κ3) is 4.23. The Morgan fingerprint density at radius 2 is 2.07 bits per heavy atom. The lowest BCUT2D eigenvalue weighted by Gasteiger charge is -2.33. The lowest BCUT2D eigenvalue weighted by Crippen LogP contribution is -2.48. The zero-order chi connectivity index (χ0) is 20.2. The maximum absolute atomic E-state index is 13.9. The van der Waals surface area contributed by atoms with Gasteiger partial charge < -0.3 is 15.0 Å². The number of aromatic amines is 1. The van der Waals surface area contributed by atoms with Crippen molar-refractivity contribution in [1.29, 1.82) is 0 Å². The number of amides is 1. The molecule has 150 valence electrons. The number of methoxy groups -OCH3 is 1. The van der Waals surface area contributed by atoms with Gasteiger partial charge in [0.05, 0.1) is 12.8 Å². The fourth-order valence-corrected chi connectivity index (χ4v) is 3.62. The van der Waals surface area contributed by atoms with E-state index in [0.717, 1.165) is 36.5 Å². The van der Waals surface area contributed by atoms with Crippen molar-refractivity contribution >= 4 is 11.7 Å². The highest BCUT2D eigenvalue weighted by Gasteiger charge is 2.24. The van der Waals surface area contributed by atoms with Crippen LogP contribution in [0.3, 0.4) is 0 Å². The first kappa shape index (κ1) is 19.0. The quantitative estimate of drug-likeness (QED) is 0.693. The van der Waals surface area contributed by atoms with Crippen LogP contribution in [0.5, 0.6) is 5.75 Å². The lowest BCUT2D eigenvalue weighted by atomic mass is 10.0. The van der Waals surface area contributed by atoms with Gasteiger partial charge in [0.1, 0.15) is 0 Å². The number of anilines is 1. The van der Waals surface area contributed by atoms with E-state index in [0.29, 0.717) is 6.54 Å². The number of rotatable bonds is 5. The van der Waals surface area contributed by atoms with E-state index in [4.69, 9.17) is 4.74 Å². The molecule has 1 unspecified atom stereocenters. The smallest absolute Gasteiger partial charge is 0.251 e. The Labute approximate surface area is 168 Å². The van der Waals surface area contributed by atoms with Crippen LogP contribution < -0.4 is 15.0 Å². The number of halogens is 1. The summed E-state index contributed by atoms with van der Waals surface area (Å²) in [6, 6.07) is 16.3. The maximum atomic E-state index is 13.9. The molecule has 7 heteroatoms. The molecule has 0 spiro atoms. The monoisotopic (exact) mass is 394 g/mol. The third-order valence-corrected chi connectivity index (χ3v) is 5.14. The summed E-state index contributed by atoms with van der Waals surface area (Å²) in [5.41, 5.74) is 2.32. The molecule has 1 aliphatic rings. The Morgan fingerprint density at radius 3 is 2.83 bits per heavy atom. The van der Waals surface area contributed by atoms with Crippen molar-refractivity contribution in [2.24, 2.45) is 0 Å². The van der Waals surface area contributed by atoms with E-state index >= 15 is 0 Å². The SMILES string of the molecule is COc1ccc(C(=O)NC2CCCN(c3cc(-c4ccccc4)[nH]n3)C2)cc1F. The van der Waals surface area contributed by atoms with Crippen LogP contribution in [0.2, 0.25) is 0 Å². The highest BCUT2D eigenvalue weighted by atomic mass is 19.1. The number of nitrogens with one attached hydrogen (secondary N) is 2. The molecular formula is C22H23FN4O2. The van der Waals surface area contributed by atoms with Crippen LogP contribution in [0.15, 0.2) is 54.6 Å². The van der Waals surface area contributed by atoms with Gasteiger partial charge in [-0.3, -0.25) is 9.89 Å². The van der Waals surface area contributed by atoms with Crippen molar-refractivity contribution in [3.8, 4) is 17.0 Å². The minimum atomic E-state index is -0.546. The van der Waals surface area contributed by atoms with Gasteiger partial charge in [-0.15, -0.1) is 0 Å². The van der Waals surface area contributed by atoms with Crippen LogP contribution in [0.1, 0.15) is 23.2 Å². The predicted molar refractivity (Wildman–Crippen MR) is 110 cm³/mol. The van der Waals surface area contributed by atoms with Gasteiger partial charge >= 0.3 is 0 Å². The second kappa shape index (κ2) is 8.34. The van der Waals surface area contributed by atoms with E-state index in [-0.39, 0.29) is 23.3 Å². The van der Waals surface area contributed by atoms with Gasteiger partial charge in [-0.25, -0.2) is 4.39 Å². The molecular weight excluding hydrogens is 371 g/mol. The molecule has 2 heterocycles. The zero-order valence-corrected chi connectivity index (χ0v) is 16.2. The molecule has 1 fully saturated rings. The van der Waals surface area contributed by atoms with Crippen LogP contribution in [-0.2, 0) is 0 Å². The highest BCUT2D eigenvalue weighted by molar-refractivity contribution is 5.94. The molecule has 0 aliphatic carbocycles. The van der Waals surface area contributed by atoms with E-state index in [9.17, 15) is 9.18 Å². The maximum Gasteiger partial charge on any atom is 0.251 e. The largest absolute Gasteiger partial charge is 0.494 e. The molecule has 1 amide bonds. The van der Waals surface area contributed by atoms with Gasteiger partial charge in [0, 0.05) is 30.8 Å². The molecule has 1 aromatic heterocycles. The van der Waals surface area contributed by atoms with Crippen LogP contribution >= 0.6 is 0 Å². The number of hydrogen-bond acceptors (Lipinski definition) is 4. The second-order valence-electron chi connectivity index (χ2n) is 7.11. The van der Waals surface area contributed by atoms with E-state index < -0.39 is 5.82 Å². The fraction of sp³-hybridized carbons (Fsp3) is 0.273. The van der Waals surface area contributed by atoms with Crippen LogP contribution in [0.4, 0.5) is 10.2 Å². The Balaban J connectivity index is 1.41. The number of nitrogens with zero attached hydrogens (tertiary/aromatic N) is 2. The summed E-state index contributed by atoms with van der Waals surface area (Å²) < 4.78 is 18.8. The van der Waals surface area contributed by atoms with Crippen LogP contribution in [0, 0.1) is 5.82 Å². The van der Waals surface area contributed by atoms with Crippen molar-refractivity contribution < 1.29 is 13.9 Å². The van der Waals surface area contributed by atoms with Gasteiger partial charge in [-0.2, -0.15) is 5.10 Å². The number of carbonyl (C=O) groups is 1. The molecule has 1 saturated heterocycles. The Hall–Kier alpha value is -3.35. The number of carbonyl (C=O) groups excluding carboxylic acids is 1. The number of piperidine rings is 1. The molecule has 0 radical (unpaired) electrons. The minimum absolute atomic E-state index is 0.0294. The first-order valence-corrected chi connectivity index (χ1v) is 9.64. The number of hydrogen-bond donors (Lipinski definition) is 2. The molecule has 1 aliphatic heterocycles. The van der Waals surface area contributed by atoms with Crippen molar-refractivity contribution in [3.63, 3.8) is 0 Å². The van der Waals surface area contributed by atoms with Crippen molar-refractivity contribution in [3.05, 3.63) is 66.0 Å². The topological polar surface area (TPSA) is 70.2 Å². The molecule has 3 aromatic rings. The van der Waals surface area contributed by atoms with Gasteiger partial charge in [0.2, 0.25) is 0 Å². The molecule has 1 atom stereocenters. The first-order valence-electron chi connectivity index (χ1n) is 9.64. The van der Waals surface area contributed by atoms with Crippen LogP contribution in [0.25, 0.3) is 11.3 Å². The van der Waals surface area contributed by atoms with E-state index in [1.54, 1.807) is 6.07 Å². The van der Waals surface area contributed by atoms with Crippen LogP contribution in [-0.4, -0.2) is 42.3 Å². The summed E-state index contributed by atoms with van der Waals surface area (Å²) in [6.45, 7) is 1.53. The summed E-state index contributed by atoms with van der Waals surface area (Å²) in [5, 5.41) is 10.5. The molecule has 4 rings (SSSR count).